The van der Waals surface area contributed by atoms with Gasteiger partial charge in [-0.3, -0.25) is 4.79 Å². The second-order valence-corrected chi connectivity index (χ2v) is 4.45. The van der Waals surface area contributed by atoms with Crippen LogP contribution in [0.25, 0.3) is 0 Å². The maximum Gasteiger partial charge on any atom is 0.220 e. The Balaban J connectivity index is 1.89. The molecule has 2 fully saturated rings. The fourth-order valence-electron chi connectivity index (χ4n) is 2.60. The summed E-state index contributed by atoms with van der Waals surface area (Å²) in [6.45, 7) is 1.40. The molecule has 1 atom stereocenters. The minimum atomic E-state index is -0.350. The van der Waals surface area contributed by atoms with E-state index >= 15 is 0 Å². The number of hydrogen-bond acceptors (Lipinski definition) is 3. The topological polar surface area (TPSA) is 47.6 Å². The van der Waals surface area contributed by atoms with E-state index < -0.39 is 0 Å². The molecule has 1 heterocycles. The number of amides is 1. The number of nitrogens with one attached hydrogen (secondary N) is 1. The van der Waals surface area contributed by atoms with Gasteiger partial charge in [-0.1, -0.05) is 0 Å². The lowest BCUT2D eigenvalue weighted by Gasteiger charge is -2.35. The number of carbonyl (C=O) groups excluding carboxylic acids is 1. The Hall–Kier alpha value is -0.610. The Bertz CT molecular complexity index is 236. The minimum Gasteiger partial charge on any atom is -0.359 e. The summed E-state index contributed by atoms with van der Waals surface area (Å²) in [6.07, 6.45) is 4.67. The number of ether oxygens (including phenoxy) is 2. The summed E-state index contributed by atoms with van der Waals surface area (Å²) in [4.78, 5) is 11.3. The fourth-order valence-corrected chi connectivity index (χ4v) is 2.60. The third-order valence-electron chi connectivity index (χ3n) is 3.34. The van der Waals surface area contributed by atoms with Gasteiger partial charge in [-0.05, 0) is 18.8 Å². The standard InChI is InChI=1S/C11H19NO3/c1-12-10(13)7-9-3-2-4-11(8-9)14-5-6-15-11/h9H,2-8H2,1H3,(H,12,13). The molecule has 0 aromatic rings. The first-order valence-electron chi connectivity index (χ1n) is 5.73. The highest BCUT2D eigenvalue weighted by atomic mass is 16.7. The molecular weight excluding hydrogens is 194 g/mol. The van der Waals surface area contributed by atoms with Crippen molar-refractivity contribution in [2.75, 3.05) is 20.3 Å². The number of rotatable bonds is 2. The average molecular weight is 213 g/mol. The predicted molar refractivity (Wildman–Crippen MR) is 55.3 cm³/mol. The molecule has 86 valence electrons. The Kier molecular flexibility index (Phi) is 3.26. The van der Waals surface area contributed by atoms with Crippen molar-refractivity contribution in [3.05, 3.63) is 0 Å². The smallest absolute Gasteiger partial charge is 0.220 e. The quantitative estimate of drug-likeness (QED) is 0.746. The van der Waals surface area contributed by atoms with Gasteiger partial charge in [-0.25, -0.2) is 0 Å². The van der Waals surface area contributed by atoms with E-state index in [2.05, 4.69) is 5.32 Å². The third-order valence-corrected chi connectivity index (χ3v) is 3.34. The average Bonchev–Trinajstić information content (AvgIpc) is 2.66. The van der Waals surface area contributed by atoms with Crippen molar-refractivity contribution >= 4 is 5.91 Å². The van der Waals surface area contributed by atoms with Crippen molar-refractivity contribution in [2.24, 2.45) is 5.92 Å². The molecule has 1 spiro atoms. The molecule has 1 N–H and O–H groups in total. The summed E-state index contributed by atoms with van der Waals surface area (Å²) in [7, 11) is 1.68. The van der Waals surface area contributed by atoms with E-state index in [4.69, 9.17) is 9.47 Å². The minimum absolute atomic E-state index is 0.120. The van der Waals surface area contributed by atoms with Crippen molar-refractivity contribution in [3.63, 3.8) is 0 Å². The van der Waals surface area contributed by atoms with Gasteiger partial charge in [0.2, 0.25) is 5.91 Å². The Labute approximate surface area is 90.3 Å². The maximum atomic E-state index is 11.3. The lowest BCUT2D eigenvalue weighted by molar-refractivity contribution is -0.187. The van der Waals surface area contributed by atoms with Crippen LogP contribution in [0.2, 0.25) is 0 Å². The van der Waals surface area contributed by atoms with E-state index in [1.54, 1.807) is 7.05 Å². The van der Waals surface area contributed by atoms with Crippen LogP contribution in [0.1, 0.15) is 32.1 Å². The molecular formula is C11H19NO3. The van der Waals surface area contributed by atoms with Crippen molar-refractivity contribution < 1.29 is 14.3 Å². The van der Waals surface area contributed by atoms with Crippen molar-refractivity contribution in [1.82, 2.24) is 5.32 Å². The Morgan fingerprint density at radius 3 is 2.87 bits per heavy atom. The summed E-state index contributed by atoms with van der Waals surface area (Å²) in [5, 5.41) is 2.67. The highest BCUT2D eigenvalue weighted by molar-refractivity contribution is 5.75. The van der Waals surface area contributed by atoms with E-state index in [1.807, 2.05) is 0 Å². The van der Waals surface area contributed by atoms with Crippen molar-refractivity contribution in [1.29, 1.82) is 0 Å². The first-order valence-corrected chi connectivity index (χ1v) is 5.73. The summed E-state index contributed by atoms with van der Waals surface area (Å²) in [5.41, 5.74) is 0. The molecule has 1 unspecified atom stereocenters. The van der Waals surface area contributed by atoms with Gasteiger partial charge < -0.3 is 14.8 Å². The van der Waals surface area contributed by atoms with Crippen LogP contribution in [-0.2, 0) is 14.3 Å². The predicted octanol–water partition coefficient (Wildman–Crippen LogP) is 1.06. The lowest BCUT2D eigenvalue weighted by atomic mass is 9.82. The number of carbonyl (C=O) groups is 1. The SMILES string of the molecule is CNC(=O)CC1CCCC2(C1)OCCO2. The molecule has 0 bridgehead atoms. The van der Waals surface area contributed by atoms with Crippen molar-refractivity contribution in [3.8, 4) is 0 Å². The molecule has 0 radical (unpaired) electrons. The van der Waals surface area contributed by atoms with Gasteiger partial charge in [0.1, 0.15) is 0 Å². The highest BCUT2D eigenvalue weighted by Crippen LogP contribution is 2.39. The van der Waals surface area contributed by atoms with E-state index in [9.17, 15) is 4.79 Å². The maximum absolute atomic E-state index is 11.3. The molecule has 4 heteroatoms. The first-order chi connectivity index (χ1) is 7.24. The molecule has 1 saturated heterocycles. The van der Waals surface area contributed by atoms with Crippen LogP contribution in [0.15, 0.2) is 0 Å². The van der Waals surface area contributed by atoms with Gasteiger partial charge in [0.15, 0.2) is 5.79 Å². The van der Waals surface area contributed by atoms with Gasteiger partial charge in [-0.15, -0.1) is 0 Å². The van der Waals surface area contributed by atoms with Crippen LogP contribution in [-0.4, -0.2) is 32.0 Å². The van der Waals surface area contributed by atoms with E-state index in [0.29, 0.717) is 25.6 Å². The second kappa shape index (κ2) is 4.49. The van der Waals surface area contributed by atoms with Gasteiger partial charge in [0.05, 0.1) is 13.2 Å². The summed E-state index contributed by atoms with van der Waals surface area (Å²) >= 11 is 0. The normalized spacial score (nSPS) is 29.3. The Morgan fingerprint density at radius 2 is 2.20 bits per heavy atom. The molecule has 1 amide bonds. The zero-order valence-corrected chi connectivity index (χ0v) is 9.25. The molecule has 2 aliphatic rings. The van der Waals surface area contributed by atoms with Crippen LogP contribution in [0.4, 0.5) is 0 Å². The molecule has 0 aromatic heterocycles. The van der Waals surface area contributed by atoms with Crippen LogP contribution in [0, 0.1) is 5.92 Å². The van der Waals surface area contributed by atoms with Gasteiger partial charge in [0, 0.05) is 26.3 Å². The van der Waals surface area contributed by atoms with E-state index in [1.165, 1.54) is 0 Å². The largest absolute Gasteiger partial charge is 0.359 e. The fraction of sp³-hybridized carbons (Fsp3) is 0.909. The molecule has 15 heavy (non-hydrogen) atoms. The molecule has 1 aliphatic heterocycles. The zero-order chi connectivity index (χ0) is 10.7. The monoisotopic (exact) mass is 213 g/mol. The summed E-state index contributed by atoms with van der Waals surface area (Å²) < 4.78 is 11.3. The highest BCUT2D eigenvalue weighted by Gasteiger charge is 2.41. The summed E-state index contributed by atoms with van der Waals surface area (Å²) in [5.74, 6) is 0.184. The lowest BCUT2D eigenvalue weighted by Crippen LogP contribution is -2.37. The van der Waals surface area contributed by atoms with Gasteiger partial charge in [0.25, 0.3) is 0 Å². The van der Waals surface area contributed by atoms with Crippen LogP contribution in [0.5, 0.6) is 0 Å². The first kappa shape index (κ1) is 10.9. The Morgan fingerprint density at radius 1 is 1.47 bits per heavy atom. The van der Waals surface area contributed by atoms with Crippen LogP contribution >= 0.6 is 0 Å². The second-order valence-electron chi connectivity index (χ2n) is 4.45. The molecule has 0 aromatic carbocycles. The number of hydrogen-bond donors (Lipinski definition) is 1. The van der Waals surface area contributed by atoms with E-state index in [-0.39, 0.29) is 11.7 Å². The van der Waals surface area contributed by atoms with Gasteiger partial charge >= 0.3 is 0 Å². The summed E-state index contributed by atoms with van der Waals surface area (Å²) in [6, 6.07) is 0. The molecule has 1 aliphatic carbocycles. The molecule has 1 saturated carbocycles. The third kappa shape index (κ3) is 2.49. The van der Waals surface area contributed by atoms with Gasteiger partial charge in [-0.2, -0.15) is 0 Å². The van der Waals surface area contributed by atoms with Crippen LogP contribution < -0.4 is 5.32 Å². The zero-order valence-electron chi connectivity index (χ0n) is 9.25. The molecule has 2 rings (SSSR count). The molecule has 4 nitrogen and oxygen atoms in total. The van der Waals surface area contributed by atoms with Crippen molar-refractivity contribution in [2.45, 2.75) is 37.9 Å². The van der Waals surface area contributed by atoms with E-state index in [0.717, 1.165) is 25.7 Å². The van der Waals surface area contributed by atoms with Crippen LogP contribution in [0.3, 0.4) is 0 Å².